The maximum Gasteiger partial charge on any atom is 0.306 e. The number of rotatable bonds is 4. The summed E-state index contributed by atoms with van der Waals surface area (Å²) in [5.41, 5.74) is -0.155. The van der Waals surface area contributed by atoms with E-state index in [2.05, 4.69) is 9.88 Å². The van der Waals surface area contributed by atoms with E-state index >= 15 is 0 Å². The Morgan fingerprint density at radius 2 is 1.86 bits per heavy atom. The number of carbonyl (C=O) groups is 1. The molecule has 0 radical (unpaired) electrons. The first kappa shape index (κ1) is 19.3. The standard InChI is InChI=1S/C21H25ClN2O4/c22-18-12-17-14(5-8-23-20(17)25)11-19(18)28-16-3-1-15(2-4-16)24-9-6-13(7-10-24)21(26)27/h5,8,11-13,15-16H,1-4,6-7,9-10H2,(H,23,25)(H,26,27). The van der Waals surface area contributed by atoms with Crippen LogP contribution < -0.4 is 10.3 Å². The fourth-order valence-corrected chi connectivity index (χ4v) is 4.71. The number of benzene rings is 1. The minimum atomic E-state index is -0.661. The zero-order valence-corrected chi connectivity index (χ0v) is 16.5. The molecule has 1 aromatic carbocycles. The molecular formula is C21H25ClN2O4. The maximum absolute atomic E-state index is 11.9. The third-order valence-electron chi connectivity index (χ3n) is 6.16. The summed E-state index contributed by atoms with van der Waals surface area (Å²) in [6.45, 7) is 1.75. The second-order valence-corrected chi connectivity index (χ2v) is 8.28. The number of carboxylic acid groups (broad SMARTS) is 1. The number of pyridine rings is 1. The molecule has 7 heteroatoms. The zero-order valence-electron chi connectivity index (χ0n) is 15.7. The quantitative estimate of drug-likeness (QED) is 0.812. The highest BCUT2D eigenvalue weighted by molar-refractivity contribution is 6.32. The van der Waals surface area contributed by atoms with Crippen LogP contribution in [0.25, 0.3) is 10.8 Å². The Labute approximate surface area is 168 Å². The zero-order chi connectivity index (χ0) is 19.7. The van der Waals surface area contributed by atoms with Gasteiger partial charge in [0, 0.05) is 17.6 Å². The molecule has 0 amide bonds. The van der Waals surface area contributed by atoms with Gasteiger partial charge in [-0.25, -0.2) is 0 Å². The molecule has 150 valence electrons. The number of halogens is 1. The summed E-state index contributed by atoms with van der Waals surface area (Å²) >= 11 is 6.35. The van der Waals surface area contributed by atoms with Gasteiger partial charge in [0.1, 0.15) is 5.75 Å². The number of ether oxygens (including phenoxy) is 1. The molecule has 1 aromatic heterocycles. The minimum absolute atomic E-state index is 0.116. The van der Waals surface area contributed by atoms with Crippen LogP contribution in [0.2, 0.25) is 5.02 Å². The summed E-state index contributed by atoms with van der Waals surface area (Å²) in [6, 6.07) is 5.87. The first-order valence-corrected chi connectivity index (χ1v) is 10.3. The molecular weight excluding hydrogens is 380 g/mol. The van der Waals surface area contributed by atoms with Gasteiger partial charge >= 0.3 is 5.97 Å². The maximum atomic E-state index is 11.9. The second-order valence-electron chi connectivity index (χ2n) is 7.87. The van der Waals surface area contributed by atoms with Crippen molar-refractivity contribution in [2.75, 3.05) is 13.1 Å². The van der Waals surface area contributed by atoms with Crippen molar-refractivity contribution in [3.8, 4) is 5.75 Å². The van der Waals surface area contributed by atoms with Crippen LogP contribution in [-0.2, 0) is 4.79 Å². The van der Waals surface area contributed by atoms with E-state index in [9.17, 15) is 9.59 Å². The lowest BCUT2D eigenvalue weighted by atomic mass is 9.89. The Balaban J connectivity index is 1.35. The molecule has 28 heavy (non-hydrogen) atoms. The molecule has 0 spiro atoms. The molecule has 6 nitrogen and oxygen atoms in total. The minimum Gasteiger partial charge on any atom is -0.489 e. The van der Waals surface area contributed by atoms with Gasteiger partial charge in [0.05, 0.1) is 17.0 Å². The molecule has 2 N–H and O–H groups in total. The van der Waals surface area contributed by atoms with Crippen molar-refractivity contribution >= 4 is 28.3 Å². The van der Waals surface area contributed by atoms with Gasteiger partial charge in [-0.1, -0.05) is 11.6 Å². The fraction of sp³-hybridized carbons (Fsp3) is 0.524. The van der Waals surface area contributed by atoms with Crippen molar-refractivity contribution in [2.45, 2.75) is 50.7 Å². The lowest BCUT2D eigenvalue weighted by Gasteiger charge is -2.40. The number of fused-ring (bicyclic) bond motifs is 1. The van der Waals surface area contributed by atoms with E-state index < -0.39 is 5.97 Å². The Morgan fingerprint density at radius 1 is 1.14 bits per heavy atom. The van der Waals surface area contributed by atoms with Crippen LogP contribution >= 0.6 is 11.6 Å². The van der Waals surface area contributed by atoms with Gasteiger partial charge in [-0.3, -0.25) is 9.59 Å². The highest BCUT2D eigenvalue weighted by atomic mass is 35.5. The summed E-state index contributed by atoms with van der Waals surface area (Å²) in [6.07, 6.45) is 7.24. The molecule has 0 unspecified atom stereocenters. The molecule has 1 aliphatic heterocycles. The SMILES string of the molecule is O=C(O)C1CCN(C2CCC(Oc3cc4cc[nH]c(=O)c4cc3Cl)CC2)CC1. The smallest absolute Gasteiger partial charge is 0.306 e. The van der Waals surface area contributed by atoms with Crippen LogP contribution in [0.5, 0.6) is 5.75 Å². The first-order valence-electron chi connectivity index (χ1n) is 9.95. The normalized spacial score (nSPS) is 24.3. The van der Waals surface area contributed by atoms with E-state index in [0.717, 1.165) is 57.0 Å². The van der Waals surface area contributed by atoms with Crippen LogP contribution in [0.1, 0.15) is 38.5 Å². The van der Waals surface area contributed by atoms with Crippen LogP contribution in [0.3, 0.4) is 0 Å². The van der Waals surface area contributed by atoms with Crippen LogP contribution in [0, 0.1) is 5.92 Å². The van der Waals surface area contributed by atoms with Crippen LogP contribution in [0.4, 0.5) is 0 Å². The number of H-pyrrole nitrogens is 1. The number of carboxylic acids is 1. The molecule has 2 heterocycles. The van der Waals surface area contributed by atoms with E-state index in [1.165, 1.54) is 0 Å². The number of hydrogen-bond donors (Lipinski definition) is 2. The lowest BCUT2D eigenvalue weighted by Crippen LogP contribution is -2.45. The van der Waals surface area contributed by atoms with Crippen LogP contribution in [-0.4, -0.2) is 46.2 Å². The molecule has 1 saturated carbocycles. The second kappa shape index (κ2) is 8.13. The molecule has 4 rings (SSSR count). The average Bonchev–Trinajstić information content (AvgIpc) is 2.70. The van der Waals surface area contributed by atoms with Crippen molar-refractivity contribution in [3.63, 3.8) is 0 Å². The fourth-order valence-electron chi connectivity index (χ4n) is 4.50. The van der Waals surface area contributed by atoms with E-state index in [0.29, 0.717) is 22.2 Å². The number of piperidine rings is 1. The molecule has 0 atom stereocenters. The van der Waals surface area contributed by atoms with Gasteiger partial charge in [0.2, 0.25) is 0 Å². The Hall–Kier alpha value is -2.05. The van der Waals surface area contributed by atoms with E-state index in [4.69, 9.17) is 21.4 Å². The monoisotopic (exact) mass is 404 g/mol. The molecule has 1 saturated heterocycles. The predicted octanol–water partition coefficient (Wildman–Crippen LogP) is 3.67. The number of nitrogens with zero attached hydrogens (tertiary/aromatic N) is 1. The summed E-state index contributed by atoms with van der Waals surface area (Å²) in [7, 11) is 0. The number of nitrogens with one attached hydrogen (secondary N) is 1. The molecule has 1 aliphatic carbocycles. The largest absolute Gasteiger partial charge is 0.489 e. The number of aliphatic carboxylic acids is 1. The van der Waals surface area contributed by atoms with Gasteiger partial charge < -0.3 is 19.7 Å². The van der Waals surface area contributed by atoms with Gasteiger partial charge in [0.25, 0.3) is 5.56 Å². The van der Waals surface area contributed by atoms with E-state index in [1.54, 1.807) is 12.3 Å². The molecule has 0 bridgehead atoms. The predicted molar refractivity (Wildman–Crippen MR) is 108 cm³/mol. The number of likely N-dealkylation sites (tertiary alicyclic amines) is 1. The van der Waals surface area contributed by atoms with Crippen molar-refractivity contribution < 1.29 is 14.6 Å². The van der Waals surface area contributed by atoms with Gasteiger partial charge in [0.15, 0.2) is 0 Å². The third kappa shape index (κ3) is 4.03. The van der Waals surface area contributed by atoms with Crippen LogP contribution in [0.15, 0.2) is 29.2 Å². The van der Waals surface area contributed by atoms with Crippen molar-refractivity contribution in [1.29, 1.82) is 0 Å². The summed E-state index contributed by atoms with van der Waals surface area (Å²) in [4.78, 5) is 28.1. The van der Waals surface area contributed by atoms with Crippen molar-refractivity contribution in [2.24, 2.45) is 5.92 Å². The van der Waals surface area contributed by atoms with Gasteiger partial charge in [-0.15, -0.1) is 0 Å². The molecule has 2 fully saturated rings. The highest BCUT2D eigenvalue weighted by Gasteiger charge is 2.31. The molecule has 2 aliphatic rings. The topological polar surface area (TPSA) is 82.6 Å². The third-order valence-corrected chi connectivity index (χ3v) is 6.45. The summed E-state index contributed by atoms with van der Waals surface area (Å²) in [5, 5.41) is 11.0. The number of hydrogen-bond acceptors (Lipinski definition) is 4. The van der Waals surface area contributed by atoms with E-state index in [1.807, 2.05) is 12.1 Å². The van der Waals surface area contributed by atoms with Gasteiger partial charge in [-0.05, 0) is 75.2 Å². The Morgan fingerprint density at radius 3 is 2.54 bits per heavy atom. The lowest BCUT2D eigenvalue weighted by molar-refractivity contribution is -0.143. The molecule has 2 aromatic rings. The Kier molecular flexibility index (Phi) is 5.60. The van der Waals surface area contributed by atoms with Crippen molar-refractivity contribution in [1.82, 2.24) is 9.88 Å². The first-order chi connectivity index (χ1) is 13.5. The van der Waals surface area contributed by atoms with Gasteiger partial charge in [-0.2, -0.15) is 0 Å². The van der Waals surface area contributed by atoms with E-state index in [-0.39, 0.29) is 17.6 Å². The average molecular weight is 405 g/mol. The van der Waals surface area contributed by atoms with Crippen molar-refractivity contribution in [3.05, 3.63) is 39.8 Å². The number of aromatic amines is 1. The summed E-state index contributed by atoms with van der Waals surface area (Å²) in [5.74, 6) is -0.213. The summed E-state index contributed by atoms with van der Waals surface area (Å²) < 4.78 is 6.18. The number of aromatic nitrogens is 1. The highest BCUT2D eigenvalue weighted by Crippen LogP contribution is 2.33. The Bertz CT molecular complexity index is 912.